The topological polar surface area (TPSA) is 41.1 Å². The minimum Gasteiger partial charge on any atom is -0.388 e. The molecule has 3 nitrogen and oxygen atoms in total. The van der Waals surface area contributed by atoms with Gasteiger partial charge in [-0.3, -0.25) is 4.79 Å². The van der Waals surface area contributed by atoms with Crippen LogP contribution in [-0.2, 0) is 0 Å². The molecule has 0 unspecified atom stereocenters. The number of Topliss-reactive ketones (excluding diaryl/α,β-unsaturated/α-hetero) is 1. The predicted octanol–water partition coefficient (Wildman–Crippen LogP) is 7.03. The molecule has 0 amide bonds. The normalized spacial score (nSPS) is 10.9. The average Bonchev–Trinajstić information content (AvgIpc) is 2.71. The highest BCUT2D eigenvalue weighted by Gasteiger charge is 2.09. The summed E-state index contributed by atoms with van der Waals surface area (Å²) in [5.41, 5.74) is 2.95. The fourth-order valence-corrected chi connectivity index (χ4v) is 3.62. The zero-order valence-corrected chi connectivity index (χ0v) is 17.4. The van der Waals surface area contributed by atoms with Crippen LogP contribution < -0.4 is 10.6 Å². The molecule has 27 heavy (non-hydrogen) atoms. The van der Waals surface area contributed by atoms with E-state index in [1.54, 1.807) is 0 Å². The Hall–Kier alpha value is -2.03. The van der Waals surface area contributed by atoms with E-state index in [2.05, 4.69) is 35.8 Å². The molecular weight excluding hydrogens is 332 g/mol. The summed E-state index contributed by atoms with van der Waals surface area (Å²) in [5, 5.41) is 8.68. The standard InChI is InChI=1S/C24H36N2O/c1-4-5-6-7-8-9-10-11-12-13-24(27)20-15-14-19-16-21(25-2)18-23(26-3)22(19)17-20/h14-18,25-26H,4-13H2,1-3H3. The van der Waals surface area contributed by atoms with Gasteiger partial charge in [0, 0.05) is 42.8 Å². The van der Waals surface area contributed by atoms with E-state index in [9.17, 15) is 4.79 Å². The van der Waals surface area contributed by atoms with Crippen LogP contribution in [0, 0.1) is 0 Å². The summed E-state index contributed by atoms with van der Waals surface area (Å²) in [6, 6.07) is 10.3. The van der Waals surface area contributed by atoms with Crippen molar-refractivity contribution in [3.05, 3.63) is 35.9 Å². The molecule has 0 aliphatic heterocycles. The van der Waals surface area contributed by atoms with Crippen LogP contribution >= 0.6 is 0 Å². The lowest BCUT2D eigenvalue weighted by molar-refractivity contribution is 0.0979. The first-order chi connectivity index (χ1) is 13.2. The highest BCUT2D eigenvalue weighted by molar-refractivity contribution is 6.04. The molecule has 2 aromatic rings. The van der Waals surface area contributed by atoms with Crippen molar-refractivity contribution in [2.24, 2.45) is 0 Å². The average molecular weight is 369 g/mol. The van der Waals surface area contributed by atoms with Gasteiger partial charge in [-0.15, -0.1) is 0 Å². The Morgan fingerprint density at radius 1 is 0.815 bits per heavy atom. The van der Waals surface area contributed by atoms with Crippen LogP contribution in [0.25, 0.3) is 10.8 Å². The molecule has 0 spiro atoms. The molecule has 0 fully saturated rings. The van der Waals surface area contributed by atoms with Crippen molar-refractivity contribution in [3.8, 4) is 0 Å². The van der Waals surface area contributed by atoms with E-state index in [0.29, 0.717) is 6.42 Å². The van der Waals surface area contributed by atoms with Crippen molar-refractivity contribution in [2.75, 3.05) is 24.7 Å². The van der Waals surface area contributed by atoms with E-state index in [0.717, 1.165) is 34.1 Å². The van der Waals surface area contributed by atoms with Crippen molar-refractivity contribution in [3.63, 3.8) is 0 Å². The van der Waals surface area contributed by atoms with Crippen molar-refractivity contribution < 1.29 is 4.79 Å². The third-order valence-electron chi connectivity index (χ3n) is 5.34. The van der Waals surface area contributed by atoms with Gasteiger partial charge in [0.2, 0.25) is 0 Å². The fraction of sp³-hybridized carbons (Fsp3) is 0.542. The van der Waals surface area contributed by atoms with Gasteiger partial charge >= 0.3 is 0 Å². The number of nitrogens with one attached hydrogen (secondary N) is 2. The number of anilines is 2. The number of unbranched alkanes of at least 4 members (excludes halogenated alkanes) is 8. The van der Waals surface area contributed by atoms with Crippen LogP contribution in [0.2, 0.25) is 0 Å². The van der Waals surface area contributed by atoms with Gasteiger partial charge in [-0.1, -0.05) is 70.4 Å². The first-order valence-corrected chi connectivity index (χ1v) is 10.7. The van der Waals surface area contributed by atoms with Crippen LogP contribution in [0.5, 0.6) is 0 Å². The second-order valence-corrected chi connectivity index (χ2v) is 7.46. The first kappa shape index (κ1) is 21.3. The summed E-state index contributed by atoms with van der Waals surface area (Å²) in [7, 11) is 3.84. The van der Waals surface area contributed by atoms with Gasteiger partial charge in [0.05, 0.1) is 0 Å². The Morgan fingerprint density at radius 2 is 1.48 bits per heavy atom. The van der Waals surface area contributed by atoms with E-state index < -0.39 is 0 Å². The van der Waals surface area contributed by atoms with Crippen LogP contribution in [0.4, 0.5) is 11.4 Å². The molecule has 0 atom stereocenters. The molecule has 0 aliphatic rings. The molecule has 0 aromatic heterocycles. The third kappa shape index (κ3) is 6.57. The number of rotatable bonds is 13. The molecule has 0 radical (unpaired) electrons. The summed E-state index contributed by atoms with van der Waals surface area (Å²) in [4.78, 5) is 12.6. The largest absolute Gasteiger partial charge is 0.388 e. The molecule has 0 heterocycles. The number of benzene rings is 2. The van der Waals surface area contributed by atoms with E-state index in [4.69, 9.17) is 0 Å². The number of hydrogen-bond acceptors (Lipinski definition) is 3. The van der Waals surface area contributed by atoms with Gasteiger partial charge in [-0.05, 0) is 30.0 Å². The second kappa shape index (κ2) is 11.6. The lowest BCUT2D eigenvalue weighted by atomic mass is 9.99. The first-order valence-electron chi connectivity index (χ1n) is 10.7. The van der Waals surface area contributed by atoms with Crippen molar-refractivity contribution >= 4 is 27.9 Å². The van der Waals surface area contributed by atoms with Crippen molar-refractivity contribution in [2.45, 2.75) is 71.1 Å². The molecule has 0 aliphatic carbocycles. The fourth-order valence-electron chi connectivity index (χ4n) is 3.62. The summed E-state index contributed by atoms with van der Waals surface area (Å²) < 4.78 is 0. The third-order valence-corrected chi connectivity index (χ3v) is 5.34. The van der Waals surface area contributed by atoms with Gasteiger partial charge in [0.1, 0.15) is 0 Å². The molecule has 148 valence electrons. The maximum Gasteiger partial charge on any atom is 0.162 e. The summed E-state index contributed by atoms with van der Waals surface area (Å²) >= 11 is 0. The molecule has 3 heteroatoms. The smallest absolute Gasteiger partial charge is 0.162 e. The van der Waals surface area contributed by atoms with Gasteiger partial charge in [0.25, 0.3) is 0 Å². The summed E-state index contributed by atoms with van der Waals surface area (Å²) in [6.07, 6.45) is 12.2. The molecule has 0 saturated carbocycles. The van der Waals surface area contributed by atoms with E-state index in [1.807, 2.05) is 26.2 Å². The van der Waals surface area contributed by atoms with Crippen LogP contribution in [0.15, 0.2) is 30.3 Å². The van der Waals surface area contributed by atoms with Gasteiger partial charge in [0.15, 0.2) is 5.78 Å². The van der Waals surface area contributed by atoms with Crippen LogP contribution in [-0.4, -0.2) is 19.9 Å². The Kier molecular flexibility index (Phi) is 9.17. The SMILES string of the molecule is CCCCCCCCCCCC(=O)c1ccc2cc(NC)cc(NC)c2c1. The highest BCUT2D eigenvalue weighted by Crippen LogP contribution is 2.29. The zero-order chi connectivity index (χ0) is 19.5. The molecular formula is C24H36N2O. The van der Waals surface area contributed by atoms with Gasteiger partial charge < -0.3 is 10.6 Å². The van der Waals surface area contributed by atoms with Crippen molar-refractivity contribution in [1.29, 1.82) is 0 Å². The summed E-state index contributed by atoms with van der Waals surface area (Å²) in [6.45, 7) is 2.26. The number of carbonyl (C=O) groups excluding carboxylic acids is 1. The minimum atomic E-state index is 0.264. The zero-order valence-electron chi connectivity index (χ0n) is 17.4. The van der Waals surface area contributed by atoms with Gasteiger partial charge in [-0.25, -0.2) is 0 Å². The lowest BCUT2D eigenvalue weighted by Crippen LogP contribution is -2.00. The Balaban J connectivity index is 1.83. The maximum absolute atomic E-state index is 12.6. The number of ketones is 1. The van der Waals surface area contributed by atoms with E-state index >= 15 is 0 Å². The number of carbonyl (C=O) groups is 1. The van der Waals surface area contributed by atoms with Crippen LogP contribution in [0.1, 0.15) is 81.5 Å². The quantitative estimate of drug-likeness (QED) is 0.294. The predicted molar refractivity (Wildman–Crippen MR) is 119 cm³/mol. The molecule has 2 N–H and O–H groups in total. The van der Waals surface area contributed by atoms with Crippen LogP contribution in [0.3, 0.4) is 0 Å². The maximum atomic E-state index is 12.6. The number of hydrogen-bond donors (Lipinski definition) is 2. The minimum absolute atomic E-state index is 0.264. The van der Waals surface area contributed by atoms with Crippen molar-refractivity contribution in [1.82, 2.24) is 0 Å². The highest BCUT2D eigenvalue weighted by atomic mass is 16.1. The molecule has 0 saturated heterocycles. The number of fused-ring (bicyclic) bond motifs is 1. The van der Waals surface area contributed by atoms with Gasteiger partial charge in [-0.2, -0.15) is 0 Å². The Labute approximate surface area is 164 Å². The van der Waals surface area contributed by atoms with E-state index in [1.165, 1.54) is 51.4 Å². The molecule has 2 rings (SSSR count). The van der Waals surface area contributed by atoms with E-state index in [-0.39, 0.29) is 5.78 Å². The molecule has 2 aromatic carbocycles. The second-order valence-electron chi connectivity index (χ2n) is 7.46. The lowest BCUT2D eigenvalue weighted by Gasteiger charge is -2.11. The monoisotopic (exact) mass is 368 g/mol. The Bertz CT molecular complexity index is 724. The molecule has 0 bridgehead atoms. The Morgan fingerprint density at radius 3 is 2.11 bits per heavy atom. The summed E-state index contributed by atoms with van der Waals surface area (Å²) in [5.74, 6) is 0.264.